The van der Waals surface area contributed by atoms with E-state index in [1.54, 1.807) is 48.5 Å². The molecule has 0 unspecified atom stereocenters. The van der Waals surface area contributed by atoms with E-state index in [0.717, 1.165) is 15.4 Å². The molecule has 30 heavy (non-hydrogen) atoms. The van der Waals surface area contributed by atoms with Crippen LogP contribution in [0.5, 0.6) is 0 Å². The topological polar surface area (TPSA) is 66.5 Å². The minimum absolute atomic E-state index is 0.0968. The van der Waals surface area contributed by atoms with Gasteiger partial charge in [-0.05, 0) is 55.3 Å². The fourth-order valence-electron chi connectivity index (χ4n) is 2.95. The summed E-state index contributed by atoms with van der Waals surface area (Å²) in [5.41, 5.74) is 2.43. The highest BCUT2D eigenvalue weighted by Gasteiger charge is 2.28. The Morgan fingerprint density at radius 3 is 2.30 bits per heavy atom. The maximum atomic E-state index is 13.4. The van der Waals surface area contributed by atoms with Crippen molar-refractivity contribution in [2.75, 3.05) is 16.2 Å². The number of benzene rings is 3. The van der Waals surface area contributed by atoms with Crippen LogP contribution in [0.2, 0.25) is 10.0 Å². The number of carbonyl (C=O) groups is 1. The molecule has 3 rings (SSSR count). The number of hydrogen-bond donors (Lipinski definition) is 1. The van der Waals surface area contributed by atoms with Crippen molar-refractivity contribution in [3.8, 4) is 0 Å². The molecule has 0 fully saturated rings. The van der Waals surface area contributed by atoms with Gasteiger partial charge in [0.1, 0.15) is 6.54 Å². The molecule has 5 nitrogen and oxygen atoms in total. The van der Waals surface area contributed by atoms with Crippen molar-refractivity contribution in [3.05, 3.63) is 87.9 Å². The number of nitrogens with zero attached hydrogens (tertiary/aromatic N) is 1. The van der Waals surface area contributed by atoms with Crippen molar-refractivity contribution in [1.82, 2.24) is 0 Å². The summed E-state index contributed by atoms with van der Waals surface area (Å²) in [6, 6.07) is 18.2. The molecular weight excluding hydrogens is 443 g/mol. The molecule has 1 N–H and O–H groups in total. The van der Waals surface area contributed by atoms with Crippen molar-refractivity contribution < 1.29 is 13.2 Å². The van der Waals surface area contributed by atoms with Gasteiger partial charge in [0.2, 0.25) is 5.91 Å². The average molecular weight is 463 g/mol. The molecule has 3 aromatic rings. The van der Waals surface area contributed by atoms with E-state index in [0.29, 0.717) is 11.4 Å². The standard InChI is InChI=1S/C22H20Cl2N2O3S/c1-15-8-6-13-20(16(15)2)26(30(28,29)17-9-4-3-5-10-17)14-21(27)25-19-12-7-11-18(23)22(19)24/h3-13H,14H2,1-2H3,(H,25,27). The number of anilines is 2. The van der Waals surface area contributed by atoms with Crippen molar-refractivity contribution in [1.29, 1.82) is 0 Å². The van der Waals surface area contributed by atoms with Gasteiger partial charge >= 0.3 is 0 Å². The number of aryl methyl sites for hydroxylation is 1. The van der Waals surface area contributed by atoms with E-state index in [1.165, 1.54) is 12.1 Å². The van der Waals surface area contributed by atoms with Crippen LogP contribution in [0, 0.1) is 13.8 Å². The average Bonchev–Trinajstić information content (AvgIpc) is 2.72. The van der Waals surface area contributed by atoms with Crippen LogP contribution in [0.25, 0.3) is 0 Å². The first-order valence-electron chi connectivity index (χ1n) is 9.09. The smallest absolute Gasteiger partial charge is 0.264 e. The van der Waals surface area contributed by atoms with Crippen molar-refractivity contribution in [2.24, 2.45) is 0 Å². The first kappa shape index (κ1) is 22.2. The molecule has 0 aromatic heterocycles. The van der Waals surface area contributed by atoms with E-state index >= 15 is 0 Å². The zero-order chi connectivity index (χ0) is 21.9. The van der Waals surface area contributed by atoms with Crippen molar-refractivity contribution in [3.63, 3.8) is 0 Å². The lowest BCUT2D eigenvalue weighted by Gasteiger charge is -2.26. The van der Waals surface area contributed by atoms with Gasteiger partial charge in [-0.25, -0.2) is 8.42 Å². The Morgan fingerprint density at radius 1 is 0.933 bits per heavy atom. The van der Waals surface area contributed by atoms with Crippen LogP contribution < -0.4 is 9.62 Å². The summed E-state index contributed by atoms with van der Waals surface area (Å²) in [7, 11) is -3.99. The minimum Gasteiger partial charge on any atom is -0.323 e. The van der Waals surface area contributed by atoms with Gasteiger partial charge in [0, 0.05) is 0 Å². The monoisotopic (exact) mass is 462 g/mol. The van der Waals surface area contributed by atoms with Gasteiger partial charge in [-0.1, -0.05) is 59.6 Å². The van der Waals surface area contributed by atoms with E-state index in [4.69, 9.17) is 23.2 Å². The maximum Gasteiger partial charge on any atom is 0.264 e. The lowest BCUT2D eigenvalue weighted by atomic mass is 10.1. The fourth-order valence-corrected chi connectivity index (χ4v) is 4.79. The van der Waals surface area contributed by atoms with Crippen LogP contribution in [-0.2, 0) is 14.8 Å². The summed E-state index contributed by atoms with van der Waals surface area (Å²) in [5.74, 6) is -0.542. The Bertz CT molecular complexity index is 1180. The molecule has 0 aliphatic carbocycles. The number of rotatable bonds is 6. The largest absolute Gasteiger partial charge is 0.323 e. The Hall–Kier alpha value is -2.54. The summed E-state index contributed by atoms with van der Waals surface area (Å²) in [6.45, 7) is 3.28. The predicted molar refractivity (Wildman–Crippen MR) is 122 cm³/mol. The molecular formula is C22H20Cl2N2O3S. The van der Waals surface area contributed by atoms with Crippen LogP contribution in [0.3, 0.4) is 0 Å². The number of hydrogen-bond acceptors (Lipinski definition) is 3. The van der Waals surface area contributed by atoms with Gasteiger partial charge in [0.25, 0.3) is 10.0 Å². The van der Waals surface area contributed by atoms with Crippen molar-refractivity contribution >= 4 is 50.5 Å². The highest BCUT2D eigenvalue weighted by atomic mass is 35.5. The van der Waals surface area contributed by atoms with Crippen LogP contribution >= 0.6 is 23.2 Å². The molecule has 0 heterocycles. The van der Waals surface area contributed by atoms with E-state index in [9.17, 15) is 13.2 Å². The maximum absolute atomic E-state index is 13.4. The molecule has 3 aromatic carbocycles. The summed E-state index contributed by atoms with van der Waals surface area (Å²) < 4.78 is 27.9. The Kier molecular flexibility index (Phi) is 6.71. The lowest BCUT2D eigenvalue weighted by molar-refractivity contribution is -0.114. The number of sulfonamides is 1. The summed E-state index contributed by atoms with van der Waals surface area (Å²) in [5, 5.41) is 3.13. The summed E-state index contributed by atoms with van der Waals surface area (Å²) in [4.78, 5) is 12.9. The van der Waals surface area contributed by atoms with Crippen LogP contribution in [0.4, 0.5) is 11.4 Å². The molecule has 0 aliphatic rings. The zero-order valence-electron chi connectivity index (χ0n) is 16.4. The van der Waals surface area contributed by atoms with Gasteiger partial charge < -0.3 is 5.32 Å². The third-order valence-electron chi connectivity index (χ3n) is 4.69. The van der Waals surface area contributed by atoms with Gasteiger partial charge in [0.15, 0.2) is 0 Å². The first-order chi connectivity index (χ1) is 14.2. The van der Waals surface area contributed by atoms with E-state index in [2.05, 4.69) is 5.32 Å². The molecule has 0 radical (unpaired) electrons. The molecule has 0 aliphatic heterocycles. The Balaban J connectivity index is 2.01. The Morgan fingerprint density at radius 2 is 1.60 bits per heavy atom. The quantitative estimate of drug-likeness (QED) is 0.529. The predicted octanol–water partition coefficient (Wildman–Crippen LogP) is 5.44. The van der Waals surface area contributed by atoms with Crippen LogP contribution in [0.15, 0.2) is 71.6 Å². The molecule has 8 heteroatoms. The van der Waals surface area contributed by atoms with Gasteiger partial charge in [-0.2, -0.15) is 0 Å². The van der Waals surface area contributed by atoms with Crippen molar-refractivity contribution in [2.45, 2.75) is 18.7 Å². The highest BCUT2D eigenvalue weighted by molar-refractivity contribution is 7.92. The third-order valence-corrected chi connectivity index (χ3v) is 7.28. The second-order valence-corrected chi connectivity index (χ2v) is 9.34. The second-order valence-electron chi connectivity index (χ2n) is 6.69. The summed E-state index contributed by atoms with van der Waals surface area (Å²) >= 11 is 12.1. The van der Waals surface area contributed by atoms with Gasteiger partial charge in [-0.3, -0.25) is 9.10 Å². The van der Waals surface area contributed by atoms with Crippen LogP contribution in [0.1, 0.15) is 11.1 Å². The SMILES string of the molecule is Cc1cccc(N(CC(=O)Nc2cccc(Cl)c2Cl)S(=O)(=O)c2ccccc2)c1C. The molecule has 0 saturated heterocycles. The molecule has 0 spiro atoms. The number of halogens is 2. The minimum atomic E-state index is -3.99. The zero-order valence-corrected chi connectivity index (χ0v) is 18.7. The van der Waals surface area contributed by atoms with E-state index < -0.39 is 22.5 Å². The summed E-state index contributed by atoms with van der Waals surface area (Å²) in [6.07, 6.45) is 0. The fraction of sp³-hybridized carbons (Fsp3) is 0.136. The number of amides is 1. The van der Waals surface area contributed by atoms with Gasteiger partial charge in [0.05, 0.1) is 26.3 Å². The number of carbonyl (C=O) groups excluding carboxylic acids is 1. The van der Waals surface area contributed by atoms with E-state index in [1.807, 2.05) is 19.9 Å². The van der Waals surface area contributed by atoms with Crippen LogP contribution in [-0.4, -0.2) is 20.9 Å². The van der Waals surface area contributed by atoms with E-state index in [-0.39, 0.29) is 14.9 Å². The number of nitrogens with one attached hydrogen (secondary N) is 1. The van der Waals surface area contributed by atoms with Gasteiger partial charge in [-0.15, -0.1) is 0 Å². The lowest BCUT2D eigenvalue weighted by Crippen LogP contribution is -2.38. The Labute approximate surface area is 186 Å². The third kappa shape index (κ3) is 4.61. The first-order valence-corrected chi connectivity index (χ1v) is 11.3. The molecule has 1 amide bonds. The molecule has 0 bridgehead atoms. The second kappa shape index (κ2) is 9.08. The molecule has 0 saturated carbocycles. The molecule has 156 valence electrons. The molecule has 0 atom stereocenters. The highest BCUT2D eigenvalue weighted by Crippen LogP contribution is 2.31. The normalized spacial score (nSPS) is 11.2.